The Balaban J connectivity index is 3.08. The van der Waals surface area contributed by atoms with Crippen molar-refractivity contribution in [1.82, 2.24) is 0 Å². The predicted octanol–water partition coefficient (Wildman–Crippen LogP) is 1.44. The molecule has 0 bridgehead atoms. The summed E-state index contributed by atoms with van der Waals surface area (Å²) >= 11 is 5.74. The number of carbonyl (C=O) groups excluding carboxylic acids is 1. The molecule has 0 saturated carbocycles. The second-order valence-corrected chi connectivity index (χ2v) is 2.77. The zero-order chi connectivity index (χ0) is 9.84. The lowest BCUT2D eigenvalue weighted by Crippen LogP contribution is -2.28. The number of hydrogen-bond donors (Lipinski definition) is 2. The van der Waals surface area contributed by atoms with Crippen molar-refractivity contribution in [3.05, 3.63) is 28.8 Å². The Labute approximate surface area is 80.4 Å². The molecule has 1 aromatic rings. The van der Waals surface area contributed by atoms with Crippen LogP contribution in [0.3, 0.4) is 0 Å². The molecule has 0 aromatic heterocycles. The van der Waals surface area contributed by atoms with Gasteiger partial charge in [-0.15, -0.1) is 0 Å². The van der Waals surface area contributed by atoms with E-state index in [0.29, 0.717) is 22.6 Å². The zero-order valence-corrected chi connectivity index (χ0v) is 7.45. The van der Waals surface area contributed by atoms with Crippen molar-refractivity contribution < 1.29 is 4.79 Å². The van der Waals surface area contributed by atoms with Gasteiger partial charge in [-0.3, -0.25) is 15.2 Å². The Morgan fingerprint density at radius 2 is 2.23 bits per heavy atom. The highest BCUT2D eigenvalue weighted by molar-refractivity contribution is 6.33. The number of nitrogens with two attached hydrogens (primary N) is 1. The van der Waals surface area contributed by atoms with Gasteiger partial charge in [0, 0.05) is 5.56 Å². The van der Waals surface area contributed by atoms with Crippen molar-refractivity contribution >= 4 is 29.9 Å². The summed E-state index contributed by atoms with van der Waals surface area (Å²) in [4.78, 5) is 10.4. The average Bonchev–Trinajstić information content (AvgIpc) is 2.16. The monoisotopic (exact) mass is 197 g/mol. The maximum atomic E-state index is 10.4. The first-order valence-electron chi connectivity index (χ1n) is 3.48. The molecule has 0 aliphatic rings. The second-order valence-electron chi connectivity index (χ2n) is 2.36. The molecule has 68 valence electrons. The van der Waals surface area contributed by atoms with Gasteiger partial charge in [0.25, 0.3) is 0 Å². The van der Waals surface area contributed by atoms with E-state index in [4.69, 9.17) is 22.9 Å². The number of hydrazine groups is 1. The minimum atomic E-state index is 0.324. The Kier molecular flexibility index (Phi) is 3.00. The van der Waals surface area contributed by atoms with Gasteiger partial charge in [0.1, 0.15) is 6.34 Å². The highest BCUT2D eigenvalue weighted by Crippen LogP contribution is 2.20. The summed E-state index contributed by atoms with van der Waals surface area (Å²) in [5.41, 5.74) is 0.967. The lowest BCUT2D eigenvalue weighted by atomic mass is 10.2. The van der Waals surface area contributed by atoms with E-state index in [1.165, 1.54) is 6.07 Å². The van der Waals surface area contributed by atoms with E-state index in [0.717, 1.165) is 11.3 Å². The molecule has 1 rings (SSSR count). The predicted molar refractivity (Wildman–Crippen MR) is 52.3 cm³/mol. The molecule has 1 aromatic carbocycles. The third kappa shape index (κ3) is 2.05. The summed E-state index contributed by atoms with van der Waals surface area (Å²) in [5.74, 6) is 5.40. The minimum Gasteiger partial charge on any atom is -0.298 e. The normalized spacial score (nSPS) is 9.38. The Hall–Kier alpha value is -1.39. The first-order chi connectivity index (χ1) is 6.19. The summed E-state index contributed by atoms with van der Waals surface area (Å²) < 4.78 is 0. The smallest absolute Gasteiger partial charge is 0.151 e. The van der Waals surface area contributed by atoms with Gasteiger partial charge in [-0.2, -0.15) is 0 Å². The van der Waals surface area contributed by atoms with Crippen molar-refractivity contribution in [2.45, 2.75) is 0 Å². The summed E-state index contributed by atoms with van der Waals surface area (Å²) in [7, 11) is 0. The number of hydrogen-bond acceptors (Lipinski definition) is 3. The number of anilines is 1. The van der Waals surface area contributed by atoms with Gasteiger partial charge in [0.2, 0.25) is 0 Å². The van der Waals surface area contributed by atoms with Crippen LogP contribution in [-0.2, 0) is 0 Å². The lowest BCUT2D eigenvalue weighted by Gasteiger charge is -2.11. The number of rotatable bonds is 3. The van der Waals surface area contributed by atoms with Crippen LogP contribution in [0.4, 0.5) is 5.69 Å². The Morgan fingerprint density at radius 1 is 1.54 bits per heavy atom. The van der Waals surface area contributed by atoms with E-state index in [2.05, 4.69) is 0 Å². The molecule has 0 radical (unpaired) electrons. The van der Waals surface area contributed by atoms with Gasteiger partial charge in [-0.25, -0.2) is 5.84 Å². The molecule has 0 heterocycles. The Morgan fingerprint density at radius 3 is 2.69 bits per heavy atom. The first-order valence-corrected chi connectivity index (χ1v) is 3.86. The van der Waals surface area contributed by atoms with E-state index in [9.17, 15) is 4.79 Å². The summed E-state index contributed by atoms with van der Waals surface area (Å²) in [6, 6.07) is 4.69. The zero-order valence-electron chi connectivity index (χ0n) is 6.70. The number of aldehydes is 1. The number of halogens is 1. The fraction of sp³-hybridized carbons (Fsp3) is 0. The molecular weight excluding hydrogens is 190 g/mol. The molecule has 0 unspecified atom stereocenters. The first kappa shape index (κ1) is 9.70. The van der Waals surface area contributed by atoms with Gasteiger partial charge in [-0.05, 0) is 18.2 Å². The molecule has 0 saturated heterocycles. The molecule has 0 aliphatic carbocycles. The molecule has 4 nitrogen and oxygen atoms in total. The molecule has 0 spiro atoms. The van der Waals surface area contributed by atoms with E-state index < -0.39 is 0 Å². The van der Waals surface area contributed by atoms with Crippen LogP contribution in [0, 0.1) is 5.41 Å². The third-order valence-corrected chi connectivity index (χ3v) is 1.88. The van der Waals surface area contributed by atoms with E-state index >= 15 is 0 Å². The quantitative estimate of drug-likeness (QED) is 0.253. The van der Waals surface area contributed by atoms with Gasteiger partial charge in [-0.1, -0.05) is 11.6 Å². The molecule has 0 fully saturated rings. The highest BCUT2D eigenvalue weighted by Gasteiger charge is 2.02. The summed E-state index contributed by atoms with van der Waals surface area (Å²) in [6.45, 7) is 0. The van der Waals surface area contributed by atoms with Crippen LogP contribution in [0.25, 0.3) is 0 Å². The third-order valence-electron chi connectivity index (χ3n) is 1.55. The second kappa shape index (κ2) is 4.02. The largest absolute Gasteiger partial charge is 0.298 e. The molecule has 13 heavy (non-hydrogen) atoms. The standard InChI is InChI=1S/C8H8ClN3O/c9-8-3-7(12(11)5-10)2-1-6(8)4-13/h1-5,10H,11H2. The van der Waals surface area contributed by atoms with Crippen LogP contribution in [0.15, 0.2) is 18.2 Å². The SMILES string of the molecule is N=CN(N)c1ccc(C=O)c(Cl)c1. The van der Waals surface area contributed by atoms with Gasteiger partial charge in [0.05, 0.1) is 10.7 Å². The van der Waals surface area contributed by atoms with Crippen molar-refractivity contribution in [3.63, 3.8) is 0 Å². The van der Waals surface area contributed by atoms with Crippen LogP contribution < -0.4 is 10.9 Å². The molecule has 0 atom stereocenters. The van der Waals surface area contributed by atoms with Crippen molar-refractivity contribution in [2.75, 3.05) is 5.01 Å². The van der Waals surface area contributed by atoms with Crippen LogP contribution in [-0.4, -0.2) is 12.6 Å². The van der Waals surface area contributed by atoms with Gasteiger partial charge >= 0.3 is 0 Å². The van der Waals surface area contributed by atoms with Crippen LogP contribution in [0.2, 0.25) is 5.02 Å². The number of carbonyl (C=O) groups is 1. The van der Waals surface area contributed by atoms with E-state index in [-0.39, 0.29) is 0 Å². The lowest BCUT2D eigenvalue weighted by molar-refractivity contribution is 0.112. The van der Waals surface area contributed by atoms with Gasteiger partial charge < -0.3 is 0 Å². The molecule has 3 N–H and O–H groups in total. The van der Waals surface area contributed by atoms with E-state index in [1.807, 2.05) is 0 Å². The highest BCUT2D eigenvalue weighted by atomic mass is 35.5. The van der Waals surface area contributed by atoms with Crippen LogP contribution in [0.5, 0.6) is 0 Å². The fourth-order valence-electron chi connectivity index (χ4n) is 0.847. The van der Waals surface area contributed by atoms with Crippen molar-refractivity contribution in [3.8, 4) is 0 Å². The summed E-state index contributed by atoms with van der Waals surface area (Å²) in [6.07, 6.45) is 1.61. The average molecular weight is 198 g/mol. The number of nitrogens with zero attached hydrogens (tertiary/aromatic N) is 1. The maximum absolute atomic E-state index is 10.4. The van der Waals surface area contributed by atoms with Gasteiger partial charge in [0.15, 0.2) is 6.29 Å². The summed E-state index contributed by atoms with van der Waals surface area (Å²) in [5, 5.41) is 8.30. The molecule has 5 heteroatoms. The number of benzene rings is 1. The van der Waals surface area contributed by atoms with Crippen molar-refractivity contribution in [2.24, 2.45) is 5.84 Å². The maximum Gasteiger partial charge on any atom is 0.151 e. The van der Waals surface area contributed by atoms with Crippen LogP contribution in [0.1, 0.15) is 10.4 Å². The minimum absolute atomic E-state index is 0.324. The molecule has 0 amide bonds. The fourth-order valence-corrected chi connectivity index (χ4v) is 1.07. The number of nitrogens with one attached hydrogen (secondary N) is 1. The molecule has 0 aliphatic heterocycles. The Bertz CT molecular complexity index is 340. The van der Waals surface area contributed by atoms with Crippen LogP contribution >= 0.6 is 11.6 Å². The van der Waals surface area contributed by atoms with E-state index in [1.54, 1.807) is 12.1 Å². The topological polar surface area (TPSA) is 70.2 Å². The molecular formula is C8H8ClN3O. The van der Waals surface area contributed by atoms with Crippen molar-refractivity contribution in [1.29, 1.82) is 5.41 Å².